The van der Waals surface area contributed by atoms with E-state index in [4.69, 9.17) is 21.7 Å². The van der Waals surface area contributed by atoms with Crippen LogP contribution in [0.2, 0.25) is 0 Å². The molecule has 1 aliphatic rings. The van der Waals surface area contributed by atoms with E-state index in [2.05, 4.69) is 5.32 Å². The molecular weight excluding hydrogens is 398 g/mol. The molecule has 28 heavy (non-hydrogen) atoms. The second kappa shape index (κ2) is 8.76. The van der Waals surface area contributed by atoms with E-state index < -0.39 is 10.0 Å². The Morgan fingerprint density at radius 3 is 2.29 bits per heavy atom. The van der Waals surface area contributed by atoms with Crippen molar-refractivity contribution in [3.8, 4) is 11.5 Å². The van der Waals surface area contributed by atoms with Gasteiger partial charge in [-0.1, -0.05) is 18.2 Å². The van der Waals surface area contributed by atoms with Gasteiger partial charge in [-0.15, -0.1) is 0 Å². The molecule has 9 heteroatoms. The minimum Gasteiger partial charge on any atom is -0.497 e. The molecule has 0 aliphatic carbocycles. The van der Waals surface area contributed by atoms with Gasteiger partial charge in [0.1, 0.15) is 11.5 Å². The average Bonchev–Trinajstić information content (AvgIpc) is 2.74. The molecule has 1 heterocycles. The summed E-state index contributed by atoms with van der Waals surface area (Å²) in [6.45, 7) is 1.77. The van der Waals surface area contributed by atoms with Gasteiger partial charge in [-0.2, -0.15) is 4.31 Å². The quantitative estimate of drug-likeness (QED) is 0.744. The molecule has 0 spiro atoms. The number of sulfonamides is 1. The SMILES string of the molecule is COc1ccc(NC(=S)N2CCN(S(=O)(=O)c3ccccc3)CC2)c(OC)c1. The molecule has 0 saturated carbocycles. The first kappa shape index (κ1) is 20.4. The maximum atomic E-state index is 12.7. The highest BCUT2D eigenvalue weighted by molar-refractivity contribution is 7.89. The fourth-order valence-corrected chi connectivity index (χ4v) is 4.70. The van der Waals surface area contributed by atoms with Crippen LogP contribution in [-0.4, -0.2) is 63.1 Å². The third kappa shape index (κ3) is 4.37. The lowest BCUT2D eigenvalue weighted by Gasteiger charge is -2.35. The van der Waals surface area contributed by atoms with Crippen LogP contribution in [0.1, 0.15) is 0 Å². The molecule has 0 atom stereocenters. The van der Waals surface area contributed by atoms with Crippen molar-refractivity contribution in [2.24, 2.45) is 0 Å². The highest BCUT2D eigenvalue weighted by atomic mass is 32.2. The predicted molar refractivity (Wildman–Crippen MR) is 113 cm³/mol. The number of anilines is 1. The van der Waals surface area contributed by atoms with Crippen molar-refractivity contribution < 1.29 is 17.9 Å². The lowest BCUT2D eigenvalue weighted by molar-refractivity contribution is 0.268. The van der Waals surface area contributed by atoms with Gasteiger partial charge in [0, 0.05) is 32.2 Å². The number of nitrogens with zero attached hydrogens (tertiary/aromatic N) is 2. The molecule has 2 aromatic carbocycles. The van der Waals surface area contributed by atoms with Crippen LogP contribution in [0.3, 0.4) is 0 Å². The van der Waals surface area contributed by atoms with Gasteiger partial charge in [0.05, 0.1) is 24.8 Å². The number of methoxy groups -OCH3 is 2. The smallest absolute Gasteiger partial charge is 0.243 e. The molecule has 0 unspecified atom stereocenters. The van der Waals surface area contributed by atoms with E-state index in [1.807, 2.05) is 17.0 Å². The highest BCUT2D eigenvalue weighted by Crippen LogP contribution is 2.29. The van der Waals surface area contributed by atoms with Crippen molar-refractivity contribution in [3.63, 3.8) is 0 Å². The van der Waals surface area contributed by atoms with Crippen molar-refractivity contribution in [1.82, 2.24) is 9.21 Å². The number of nitrogens with one attached hydrogen (secondary N) is 1. The fraction of sp³-hybridized carbons (Fsp3) is 0.316. The Morgan fingerprint density at radius 2 is 1.68 bits per heavy atom. The Hall–Kier alpha value is -2.36. The third-order valence-corrected chi connectivity index (χ3v) is 6.83. The number of benzene rings is 2. The molecule has 0 aromatic heterocycles. The summed E-state index contributed by atoms with van der Waals surface area (Å²) in [5, 5.41) is 3.70. The van der Waals surface area contributed by atoms with Crippen molar-refractivity contribution in [2.45, 2.75) is 4.90 Å². The van der Waals surface area contributed by atoms with Gasteiger partial charge in [-0.3, -0.25) is 0 Å². The van der Waals surface area contributed by atoms with Crippen LogP contribution in [-0.2, 0) is 10.0 Å². The van der Waals surface area contributed by atoms with E-state index in [0.29, 0.717) is 47.7 Å². The molecule has 1 saturated heterocycles. The second-order valence-electron chi connectivity index (χ2n) is 6.20. The molecule has 7 nitrogen and oxygen atoms in total. The Balaban J connectivity index is 1.63. The number of thiocarbonyl (C=S) groups is 1. The Labute approximate surface area is 170 Å². The first-order valence-corrected chi connectivity index (χ1v) is 10.6. The molecule has 3 rings (SSSR count). The molecule has 1 aliphatic heterocycles. The van der Waals surface area contributed by atoms with Crippen LogP contribution in [0.5, 0.6) is 11.5 Å². The minimum absolute atomic E-state index is 0.312. The van der Waals surface area contributed by atoms with Gasteiger partial charge >= 0.3 is 0 Å². The van der Waals surface area contributed by atoms with Crippen LogP contribution in [0.4, 0.5) is 5.69 Å². The van der Waals surface area contributed by atoms with Crippen molar-refractivity contribution >= 4 is 33.0 Å². The molecule has 1 fully saturated rings. The third-order valence-electron chi connectivity index (χ3n) is 4.56. The van der Waals surface area contributed by atoms with Gasteiger partial charge in [0.2, 0.25) is 10.0 Å². The van der Waals surface area contributed by atoms with E-state index in [0.717, 1.165) is 5.69 Å². The van der Waals surface area contributed by atoms with Crippen LogP contribution in [0.15, 0.2) is 53.4 Å². The van der Waals surface area contributed by atoms with E-state index >= 15 is 0 Å². The summed E-state index contributed by atoms with van der Waals surface area (Å²) >= 11 is 5.51. The van der Waals surface area contributed by atoms with Crippen LogP contribution in [0, 0.1) is 0 Å². The summed E-state index contributed by atoms with van der Waals surface area (Å²) in [5.74, 6) is 1.31. The largest absolute Gasteiger partial charge is 0.497 e. The van der Waals surface area contributed by atoms with E-state index in [-0.39, 0.29) is 0 Å². The second-order valence-corrected chi connectivity index (χ2v) is 8.53. The molecule has 150 valence electrons. The average molecular weight is 422 g/mol. The lowest BCUT2D eigenvalue weighted by atomic mass is 10.2. The zero-order chi connectivity index (χ0) is 20.1. The lowest BCUT2D eigenvalue weighted by Crippen LogP contribution is -2.51. The van der Waals surface area contributed by atoms with Crippen molar-refractivity contribution in [3.05, 3.63) is 48.5 Å². The molecule has 0 radical (unpaired) electrons. The van der Waals surface area contributed by atoms with Gasteiger partial charge in [0.25, 0.3) is 0 Å². The summed E-state index contributed by atoms with van der Waals surface area (Å²) in [6.07, 6.45) is 0. The minimum atomic E-state index is -3.48. The zero-order valence-electron chi connectivity index (χ0n) is 15.8. The highest BCUT2D eigenvalue weighted by Gasteiger charge is 2.29. The fourth-order valence-electron chi connectivity index (χ4n) is 2.97. The van der Waals surface area contributed by atoms with E-state index in [9.17, 15) is 8.42 Å². The monoisotopic (exact) mass is 421 g/mol. The Morgan fingerprint density at radius 1 is 1.00 bits per heavy atom. The van der Waals surface area contributed by atoms with Gasteiger partial charge in [0.15, 0.2) is 5.11 Å². The molecule has 0 amide bonds. The van der Waals surface area contributed by atoms with Crippen LogP contribution < -0.4 is 14.8 Å². The molecule has 2 aromatic rings. The number of hydrogen-bond acceptors (Lipinski definition) is 5. The topological polar surface area (TPSA) is 71.1 Å². The first-order valence-electron chi connectivity index (χ1n) is 8.79. The number of rotatable bonds is 5. The predicted octanol–water partition coefficient (Wildman–Crippen LogP) is 2.41. The Kier molecular flexibility index (Phi) is 6.38. The van der Waals surface area contributed by atoms with Crippen molar-refractivity contribution in [2.75, 3.05) is 45.7 Å². The maximum Gasteiger partial charge on any atom is 0.243 e. The van der Waals surface area contributed by atoms with Crippen LogP contribution in [0.25, 0.3) is 0 Å². The standard InChI is InChI=1S/C19H23N3O4S2/c1-25-15-8-9-17(18(14-15)26-2)20-19(27)21-10-12-22(13-11-21)28(23,24)16-6-4-3-5-7-16/h3-9,14H,10-13H2,1-2H3,(H,20,27). The van der Waals surface area contributed by atoms with Crippen molar-refractivity contribution in [1.29, 1.82) is 0 Å². The van der Waals surface area contributed by atoms with Gasteiger partial charge < -0.3 is 19.7 Å². The number of piperazine rings is 1. The van der Waals surface area contributed by atoms with Gasteiger partial charge in [-0.25, -0.2) is 8.42 Å². The summed E-state index contributed by atoms with van der Waals surface area (Å²) < 4.78 is 37.5. The maximum absolute atomic E-state index is 12.7. The first-order chi connectivity index (χ1) is 13.5. The summed E-state index contributed by atoms with van der Waals surface area (Å²) in [4.78, 5) is 2.27. The molecule has 0 bridgehead atoms. The van der Waals surface area contributed by atoms with Gasteiger partial charge in [-0.05, 0) is 36.5 Å². The Bertz CT molecular complexity index is 927. The van der Waals surface area contributed by atoms with Crippen LogP contribution >= 0.6 is 12.2 Å². The number of hydrogen-bond donors (Lipinski definition) is 1. The number of ether oxygens (including phenoxy) is 2. The summed E-state index contributed by atoms with van der Waals surface area (Å²) in [7, 11) is -0.307. The zero-order valence-corrected chi connectivity index (χ0v) is 17.4. The molecule has 1 N–H and O–H groups in total. The van der Waals surface area contributed by atoms with E-state index in [1.165, 1.54) is 4.31 Å². The molecular formula is C19H23N3O4S2. The summed E-state index contributed by atoms with van der Waals surface area (Å²) in [5.41, 5.74) is 0.729. The van der Waals surface area contributed by atoms with E-state index in [1.54, 1.807) is 50.6 Å². The normalized spacial score (nSPS) is 15.1. The summed E-state index contributed by atoms with van der Waals surface area (Å²) in [6, 6.07) is 13.9.